The first-order valence-corrected chi connectivity index (χ1v) is 9.52. The number of aryl methyl sites for hydroxylation is 1. The van der Waals surface area contributed by atoms with E-state index in [1.54, 1.807) is 12.1 Å². The van der Waals surface area contributed by atoms with Crippen LogP contribution >= 0.6 is 0 Å². The molecule has 0 fully saturated rings. The summed E-state index contributed by atoms with van der Waals surface area (Å²) in [5, 5.41) is 7.86. The summed E-state index contributed by atoms with van der Waals surface area (Å²) in [6, 6.07) is 15.1. The molecule has 2 N–H and O–H groups in total. The normalized spacial score (nSPS) is 10.6. The monoisotopic (exact) mass is 363 g/mol. The lowest BCUT2D eigenvalue weighted by Crippen LogP contribution is -2.13. The SMILES string of the molecule is CCCNCc1ccc2c(c1)cc(C#CCNc1ccc(F)cc1)n2CC. The van der Waals surface area contributed by atoms with Crippen LogP contribution in [0.4, 0.5) is 10.1 Å². The van der Waals surface area contributed by atoms with Gasteiger partial charge in [0.25, 0.3) is 0 Å². The van der Waals surface area contributed by atoms with Crippen LogP contribution in [0.5, 0.6) is 0 Å². The zero-order valence-corrected chi connectivity index (χ0v) is 16.0. The highest BCUT2D eigenvalue weighted by atomic mass is 19.1. The summed E-state index contributed by atoms with van der Waals surface area (Å²) in [7, 11) is 0. The van der Waals surface area contributed by atoms with Gasteiger partial charge in [-0.15, -0.1) is 0 Å². The van der Waals surface area contributed by atoms with Gasteiger partial charge < -0.3 is 15.2 Å². The zero-order valence-electron chi connectivity index (χ0n) is 16.0. The number of hydrogen-bond donors (Lipinski definition) is 2. The first kappa shape index (κ1) is 19.0. The Balaban J connectivity index is 1.72. The summed E-state index contributed by atoms with van der Waals surface area (Å²) in [5.74, 6) is 6.20. The Bertz CT molecular complexity index is 945. The molecule has 3 rings (SSSR count). The molecule has 2 aromatic carbocycles. The van der Waals surface area contributed by atoms with E-state index in [0.29, 0.717) is 6.54 Å². The molecule has 0 unspecified atom stereocenters. The van der Waals surface area contributed by atoms with Crippen LogP contribution in [0.25, 0.3) is 10.9 Å². The van der Waals surface area contributed by atoms with Crippen molar-refractivity contribution in [2.75, 3.05) is 18.4 Å². The lowest BCUT2D eigenvalue weighted by atomic mass is 10.1. The van der Waals surface area contributed by atoms with Crippen molar-refractivity contribution >= 4 is 16.6 Å². The maximum Gasteiger partial charge on any atom is 0.123 e. The van der Waals surface area contributed by atoms with Crippen LogP contribution in [0.1, 0.15) is 31.5 Å². The third kappa shape index (κ3) is 4.90. The standard InChI is InChI=1S/C23H26FN3/c1-3-13-25-17-18-7-12-23-19(15-18)16-22(27(23)4-2)6-5-14-26-21-10-8-20(24)9-11-21/h7-12,15-16,25-26H,3-4,13-14,17H2,1-2H3. The van der Waals surface area contributed by atoms with Gasteiger partial charge in [-0.3, -0.25) is 0 Å². The minimum Gasteiger partial charge on any atom is -0.374 e. The van der Waals surface area contributed by atoms with Gasteiger partial charge in [0.2, 0.25) is 0 Å². The summed E-state index contributed by atoms with van der Waals surface area (Å²) in [5.41, 5.74) is 4.40. The van der Waals surface area contributed by atoms with Gasteiger partial charge in [0.05, 0.1) is 12.2 Å². The summed E-state index contributed by atoms with van der Waals surface area (Å²) >= 11 is 0. The van der Waals surface area contributed by atoms with Crippen molar-refractivity contribution in [1.29, 1.82) is 0 Å². The highest BCUT2D eigenvalue weighted by Crippen LogP contribution is 2.21. The van der Waals surface area contributed by atoms with Crippen LogP contribution in [-0.2, 0) is 13.1 Å². The predicted molar refractivity (Wildman–Crippen MR) is 111 cm³/mol. The molecule has 0 aliphatic rings. The quantitative estimate of drug-likeness (QED) is 0.468. The topological polar surface area (TPSA) is 29.0 Å². The molecule has 27 heavy (non-hydrogen) atoms. The summed E-state index contributed by atoms with van der Waals surface area (Å²) in [6.45, 7) is 7.64. The molecular formula is C23H26FN3. The van der Waals surface area contributed by atoms with Crippen molar-refractivity contribution in [3.8, 4) is 11.8 Å². The maximum absolute atomic E-state index is 12.9. The molecule has 1 heterocycles. The average molecular weight is 363 g/mol. The Hall–Kier alpha value is -2.77. The fraction of sp³-hybridized carbons (Fsp3) is 0.304. The van der Waals surface area contributed by atoms with Gasteiger partial charge in [-0.2, -0.15) is 0 Å². The first-order valence-electron chi connectivity index (χ1n) is 9.52. The van der Waals surface area contributed by atoms with Crippen molar-refractivity contribution in [2.45, 2.75) is 33.4 Å². The molecule has 0 bridgehead atoms. The molecule has 140 valence electrons. The summed E-state index contributed by atoms with van der Waals surface area (Å²) < 4.78 is 15.2. The van der Waals surface area contributed by atoms with E-state index in [2.05, 4.69) is 65.2 Å². The van der Waals surface area contributed by atoms with E-state index >= 15 is 0 Å². The van der Waals surface area contributed by atoms with Crippen LogP contribution in [0.2, 0.25) is 0 Å². The predicted octanol–water partition coefficient (Wildman–Crippen LogP) is 4.76. The number of rotatable bonds is 7. The molecule has 0 radical (unpaired) electrons. The van der Waals surface area contributed by atoms with E-state index in [0.717, 1.165) is 37.4 Å². The molecule has 0 saturated carbocycles. The van der Waals surface area contributed by atoms with Crippen LogP contribution in [-0.4, -0.2) is 17.7 Å². The number of aromatic nitrogens is 1. The van der Waals surface area contributed by atoms with Crippen molar-refractivity contribution in [1.82, 2.24) is 9.88 Å². The second-order valence-corrected chi connectivity index (χ2v) is 6.51. The molecule has 3 aromatic rings. The van der Waals surface area contributed by atoms with E-state index in [1.165, 1.54) is 28.6 Å². The minimum absolute atomic E-state index is 0.233. The van der Waals surface area contributed by atoms with Crippen molar-refractivity contribution in [3.05, 3.63) is 65.6 Å². The highest BCUT2D eigenvalue weighted by molar-refractivity contribution is 5.83. The number of hydrogen-bond acceptors (Lipinski definition) is 2. The Morgan fingerprint density at radius 2 is 1.85 bits per heavy atom. The van der Waals surface area contributed by atoms with Crippen molar-refractivity contribution < 1.29 is 4.39 Å². The van der Waals surface area contributed by atoms with Crippen molar-refractivity contribution in [2.24, 2.45) is 0 Å². The van der Waals surface area contributed by atoms with Crippen LogP contribution < -0.4 is 10.6 Å². The van der Waals surface area contributed by atoms with Crippen LogP contribution in [0.3, 0.4) is 0 Å². The number of nitrogens with one attached hydrogen (secondary N) is 2. The molecule has 0 aliphatic carbocycles. The number of fused-ring (bicyclic) bond motifs is 1. The molecule has 0 atom stereocenters. The number of benzene rings is 2. The lowest BCUT2D eigenvalue weighted by molar-refractivity contribution is 0.628. The van der Waals surface area contributed by atoms with Gasteiger partial charge in [-0.1, -0.05) is 18.9 Å². The van der Waals surface area contributed by atoms with E-state index in [4.69, 9.17) is 0 Å². The smallest absolute Gasteiger partial charge is 0.123 e. The van der Waals surface area contributed by atoms with Crippen molar-refractivity contribution in [3.63, 3.8) is 0 Å². The van der Waals surface area contributed by atoms with E-state index in [1.807, 2.05) is 0 Å². The lowest BCUT2D eigenvalue weighted by Gasteiger charge is -2.06. The Kier molecular flexibility index (Phi) is 6.51. The fourth-order valence-electron chi connectivity index (χ4n) is 3.13. The second kappa shape index (κ2) is 9.25. The molecule has 1 aromatic heterocycles. The first-order chi connectivity index (χ1) is 13.2. The third-order valence-electron chi connectivity index (χ3n) is 4.48. The summed E-state index contributed by atoms with van der Waals surface area (Å²) in [6.07, 6.45) is 1.14. The highest BCUT2D eigenvalue weighted by Gasteiger charge is 2.06. The Labute approximate surface area is 160 Å². The number of nitrogens with zero attached hydrogens (tertiary/aromatic N) is 1. The average Bonchev–Trinajstić information content (AvgIpc) is 3.03. The van der Waals surface area contributed by atoms with Gasteiger partial charge in [0.15, 0.2) is 0 Å². The molecule has 4 heteroatoms. The van der Waals surface area contributed by atoms with Gasteiger partial charge in [-0.05, 0) is 73.8 Å². The molecule has 0 amide bonds. The van der Waals surface area contributed by atoms with Crippen LogP contribution in [0.15, 0.2) is 48.5 Å². The molecular weight excluding hydrogens is 337 g/mol. The molecule has 0 aliphatic heterocycles. The van der Waals surface area contributed by atoms with E-state index in [9.17, 15) is 4.39 Å². The van der Waals surface area contributed by atoms with Gasteiger partial charge in [0, 0.05) is 29.7 Å². The van der Waals surface area contributed by atoms with Crippen LogP contribution in [0, 0.1) is 17.7 Å². The van der Waals surface area contributed by atoms with Gasteiger partial charge >= 0.3 is 0 Å². The second-order valence-electron chi connectivity index (χ2n) is 6.51. The largest absolute Gasteiger partial charge is 0.374 e. The van der Waals surface area contributed by atoms with Gasteiger partial charge in [0.1, 0.15) is 5.82 Å². The summed E-state index contributed by atoms with van der Waals surface area (Å²) in [4.78, 5) is 0. The molecule has 0 saturated heterocycles. The minimum atomic E-state index is -0.233. The fourth-order valence-corrected chi connectivity index (χ4v) is 3.13. The molecule has 3 nitrogen and oxygen atoms in total. The number of anilines is 1. The number of halogens is 1. The maximum atomic E-state index is 12.9. The zero-order chi connectivity index (χ0) is 19.1. The Morgan fingerprint density at radius 3 is 2.59 bits per heavy atom. The third-order valence-corrected chi connectivity index (χ3v) is 4.48. The Morgan fingerprint density at radius 1 is 1.04 bits per heavy atom. The van der Waals surface area contributed by atoms with E-state index in [-0.39, 0.29) is 5.82 Å². The van der Waals surface area contributed by atoms with E-state index < -0.39 is 0 Å². The van der Waals surface area contributed by atoms with Gasteiger partial charge in [-0.25, -0.2) is 4.39 Å². The molecule has 0 spiro atoms.